The lowest BCUT2D eigenvalue weighted by Crippen LogP contribution is -2.30. The van der Waals surface area contributed by atoms with Gasteiger partial charge in [0, 0.05) is 52.4 Å². The Morgan fingerprint density at radius 2 is 1.62 bits per heavy atom. The molecule has 1 aromatic heterocycles. The quantitative estimate of drug-likeness (QED) is 0.0692. The molecule has 5 rings (SSSR count). The number of aromatic amines is 1. The maximum absolute atomic E-state index is 13.7. The summed E-state index contributed by atoms with van der Waals surface area (Å²) in [6.45, 7) is 0.792. The van der Waals surface area contributed by atoms with Crippen LogP contribution in [-0.2, 0) is 15.5 Å². The third-order valence-corrected chi connectivity index (χ3v) is 6.58. The highest BCUT2D eigenvalue weighted by molar-refractivity contribution is 6.35. The van der Waals surface area contributed by atoms with Gasteiger partial charge in [-0.2, -0.15) is 0 Å². The van der Waals surface area contributed by atoms with E-state index in [0.29, 0.717) is 45.0 Å². The first-order valence-corrected chi connectivity index (χ1v) is 12.8. The monoisotopic (exact) mass is 568 g/mol. The smallest absolute Gasteiger partial charge is 0.339 e. The first-order valence-electron chi connectivity index (χ1n) is 12.8. The number of fused-ring (bicyclic) bond motifs is 1. The number of hydrogen-bond donors (Lipinski definition) is 6. The number of alkyl halides is 2. The van der Waals surface area contributed by atoms with E-state index in [1.165, 1.54) is 37.6 Å². The number of benzene rings is 3. The molecule has 1 amide bonds. The van der Waals surface area contributed by atoms with E-state index in [9.17, 15) is 18.4 Å². The molecule has 4 aromatic rings. The van der Waals surface area contributed by atoms with E-state index in [-0.39, 0.29) is 28.7 Å². The van der Waals surface area contributed by atoms with Gasteiger partial charge in [0.25, 0.3) is 11.8 Å². The van der Waals surface area contributed by atoms with Crippen LogP contribution < -0.4 is 16.0 Å². The number of ether oxygens (including phenoxy) is 1. The molecule has 11 heteroatoms. The fourth-order valence-corrected chi connectivity index (χ4v) is 4.44. The molecular weight excluding hydrogens is 542 g/mol. The summed E-state index contributed by atoms with van der Waals surface area (Å²) < 4.78 is 32.1. The van der Waals surface area contributed by atoms with Gasteiger partial charge in [-0.1, -0.05) is 36.4 Å². The molecule has 0 radical (unpaired) electrons. The summed E-state index contributed by atoms with van der Waals surface area (Å²) >= 11 is 0. The van der Waals surface area contributed by atoms with E-state index in [4.69, 9.17) is 15.6 Å². The highest BCUT2D eigenvalue weighted by Gasteiger charge is 2.26. The Morgan fingerprint density at radius 1 is 0.929 bits per heavy atom. The van der Waals surface area contributed by atoms with Crippen molar-refractivity contribution in [1.29, 1.82) is 10.8 Å². The van der Waals surface area contributed by atoms with Crippen LogP contribution in [-0.4, -0.2) is 35.6 Å². The van der Waals surface area contributed by atoms with E-state index in [1.54, 1.807) is 48.5 Å². The van der Waals surface area contributed by atoms with Gasteiger partial charge in [0.15, 0.2) is 0 Å². The molecule has 0 saturated heterocycles. The fourth-order valence-electron chi connectivity index (χ4n) is 4.44. The maximum atomic E-state index is 13.7. The summed E-state index contributed by atoms with van der Waals surface area (Å²) in [7, 11) is 1.30. The topological polar surface area (TPSA) is 143 Å². The standard InChI is InChI=1S/C31H26F2N6O3/c1-31(32,33)20-7-3-5-17(11-20)27(34)39-28(35)18-6-4-8-21(12-18)37-22-9-10-24-25(29(40)38-26(24)15-22)14-23-13-19(16-36-23)30(41)42-2/h3-16,36-37H,1-2H3,(H,38,40)(H3,34,35,39)/b25-14-. The Morgan fingerprint density at radius 3 is 2.33 bits per heavy atom. The van der Waals surface area contributed by atoms with Crippen LogP contribution in [0.25, 0.3) is 11.6 Å². The highest BCUT2D eigenvalue weighted by Crippen LogP contribution is 2.36. The Kier molecular flexibility index (Phi) is 7.41. The van der Waals surface area contributed by atoms with Crippen LogP contribution in [0.15, 0.2) is 79.0 Å². The molecule has 42 heavy (non-hydrogen) atoms. The maximum Gasteiger partial charge on any atom is 0.339 e. The number of aromatic nitrogens is 1. The second-order valence-electron chi connectivity index (χ2n) is 9.66. The van der Waals surface area contributed by atoms with E-state index in [1.807, 2.05) is 6.07 Å². The first-order chi connectivity index (χ1) is 20.0. The summed E-state index contributed by atoms with van der Waals surface area (Å²) in [4.78, 5) is 27.4. The van der Waals surface area contributed by atoms with Crippen LogP contribution in [0, 0.1) is 10.8 Å². The molecule has 0 aliphatic carbocycles. The minimum absolute atomic E-state index is 0.0759. The lowest BCUT2D eigenvalue weighted by molar-refractivity contribution is -0.110. The molecule has 0 spiro atoms. The molecule has 1 aliphatic rings. The highest BCUT2D eigenvalue weighted by atomic mass is 19.3. The number of carbonyl (C=O) groups is 2. The first kappa shape index (κ1) is 28.0. The van der Waals surface area contributed by atoms with Crippen LogP contribution in [0.1, 0.15) is 45.2 Å². The largest absolute Gasteiger partial charge is 0.465 e. The molecule has 212 valence electrons. The molecule has 2 heterocycles. The zero-order valence-corrected chi connectivity index (χ0v) is 22.6. The second kappa shape index (κ2) is 11.1. The molecular formula is C31H26F2N6O3. The molecule has 0 saturated carbocycles. The van der Waals surface area contributed by atoms with Gasteiger partial charge < -0.3 is 25.7 Å². The van der Waals surface area contributed by atoms with Gasteiger partial charge in [0.05, 0.1) is 23.9 Å². The number of anilines is 3. The Labute approximate surface area is 239 Å². The lowest BCUT2D eigenvalue weighted by Gasteiger charge is -2.14. The summed E-state index contributed by atoms with van der Waals surface area (Å²) in [5.41, 5.74) is 4.50. The number of amides is 1. The summed E-state index contributed by atoms with van der Waals surface area (Å²) in [6.07, 6.45) is 3.17. The molecule has 0 bridgehead atoms. The van der Waals surface area contributed by atoms with Gasteiger partial charge in [-0.3, -0.25) is 15.6 Å². The predicted molar refractivity (Wildman–Crippen MR) is 158 cm³/mol. The van der Waals surface area contributed by atoms with Crippen molar-refractivity contribution in [2.45, 2.75) is 12.8 Å². The van der Waals surface area contributed by atoms with Crippen molar-refractivity contribution in [3.05, 3.63) is 113 Å². The molecule has 1 aliphatic heterocycles. The lowest BCUT2D eigenvalue weighted by atomic mass is 10.0. The Balaban J connectivity index is 1.29. The van der Waals surface area contributed by atoms with Crippen molar-refractivity contribution in [2.75, 3.05) is 17.7 Å². The number of carbonyl (C=O) groups excluding carboxylic acids is 2. The van der Waals surface area contributed by atoms with E-state index in [2.05, 4.69) is 20.9 Å². The van der Waals surface area contributed by atoms with Gasteiger partial charge in [0.2, 0.25) is 0 Å². The van der Waals surface area contributed by atoms with Crippen LogP contribution in [0.2, 0.25) is 0 Å². The van der Waals surface area contributed by atoms with Crippen LogP contribution in [0.4, 0.5) is 25.8 Å². The molecule has 0 atom stereocenters. The Hall–Kier alpha value is -5.58. The number of H-pyrrole nitrogens is 1. The van der Waals surface area contributed by atoms with Gasteiger partial charge in [-0.05, 0) is 42.5 Å². The van der Waals surface area contributed by atoms with Crippen molar-refractivity contribution in [1.82, 2.24) is 10.3 Å². The van der Waals surface area contributed by atoms with Gasteiger partial charge >= 0.3 is 5.97 Å². The summed E-state index contributed by atoms with van der Waals surface area (Å²) in [5, 5.41) is 25.5. The zero-order valence-electron chi connectivity index (χ0n) is 22.6. The number of nitrogens with one attached hydrogen (secondary N) is 6. The minimum Gasteiger partial charge on any atom is -0.465 e. The molecule has 0 unspecified atom stereocenters. The number of methoxy groups -OCH3 is 1. The van der Waals surface area contributed by atoms with E-state index in [0.717, 1.165) is 6.92 Å². The summed E-state index contributed by atoms with van der Waals surface area (Å²) in [6, 6.07) is 19.4. The van der Waals surface area contributed by atoms with Crippen molar-refractivity contribution in [3.8, 4) is 0 Å². The SMILES string of the molecule is COC(=O)c1c[nH]c(/C=C2\C(=O)Nc3cc(Nc4cccc(C(=N)NC(=N)c5cccc(C(C)(F)F)c5)c4)ccc32)c1. The average molecular weight is 569 g/mol. The van der Waals surface area contributed by atoms with Crippen LogP contribution >= 0.6 is 0 Å². The second-order valence-corrected chi connectivity index (χ2v) is 9.66. The third kappa shape index (κ3) is 5.94. The van der Waals surface area contributed by atoms with Gasteiger partial charge in [0.1, 0.15) is 11.7 Å². The molecule has 3 aromatic carbocycles. The van der Waals surface area contributed by atoms with Gasteiger partial charge in [-0.25, -0.2) is 13.6 Å². The zero-order chi connectivity index (χ0) is 30.0. The van der Waals surface area contributed by atoms with Crippen molar-refractivity contribution in [3.63, 3.8) is 0 Å². The van der Waals surface area contributed by atoms with E-state index < -0.39 is 11.9 Å². The molecule has 0 fully saturated rings. The summed E-state index contributed by atoms with van der Waals surface area (Å²) in [5.74, 6) is -4.06. The normalized spacial score (nSPS) is 13.3. The number of rotatable bonds is 7. The van der Waals surface area contributed by atoms with Crippen molar-refractivity contribution >= 4 is 52.3 Å². The number of hydrogen-bond acceptors (Lipinski definition) is 6. The Bertz CT molecular complexity index is 1770. The number of amidine groups is 2. The van der Waals surface area contributed by atoms with E-state index >= 15 is 0 Å². The van der Waals surface area contributed by atoms with Crippen LogP contribution in [0.3, 0.4) is 0 Å². The molecule has 6 N–H and O–H groups in total. The van der Waals surface area contributed by atoms with Crippen LogP contribution in [0.5, 0.6) is 0 Å². The van der Waals surface area contributed by atoms with Gasteiger partial charge in [-0.15, -0.1) is 0 Å². The minimum atomic E-state index is -3.04. The predicted octanol–water partition coefficient (Wildman–Crippen LogP) is 6.09. The molecule has 9 nitrogen and oxygen atoms in total. The fraction of sp³-hybridized carbons (Fsp3) is 0.0968. The van der Waals surface area contributed by atoms with Crippen molar-refractivity contribution < 1.29 is 23.1 Å². The van der Waals surface area contributed by atoms with Crippen molar-refractivity contribution in [2.24, 2.45) is 0 Å². The number of esters is 1. The average Bonchev–Trinajstić information content (AvgIpc) is 3.56. The number of halogens is 2. The third-order valence-electron chi connectivity index (χ3n) is 6.58.